The number of hydrogen-bond acceptors (Lipinski definition) is 4. The van der Waals surface area contributed by atoms with E-state index in [4.69, 9.17) is 5.26 Å². The topological polar surface area (TPSA) is 63.0 Å². The Kier molecular flexibility index (Phi) is 3.35. The zero-order valence-electron chi connectivity index (χ0n) is 9.75. The maximum Gasteiger partial charge on any atom is 0.337 e. The molecule has 4 heteroatoms. The predicted molar refractivity (Wildman–Crippen MR) is 65.7 cm³/mol. The molecular weight excluding hydrogens is 228 g/mol. The van der Waals surface area contributed by atoms with Crippen LogP contribution in [0.25, 0.3) is 11.1 Å². The number of nitrogens with zero attached hydrogens (tertiary/aromatic N) is 2. The van der Waals surface area contributed by atoms with Gasteiger partial charge in [-0.3, -0.25) is 4.98 Å². The van der Waals surface area contributed by atoms with Gasteiger partial charge in [0.2, 0.25) is 0 Å². The molecule has 0 spiro atoms. The molecule has 18 heavy (non-hydrogen) atoms. The molecule has 2 rings (SSSR count). The van der Waals surface area contributed by atoms with Crippen LogP contribution in [0.15, 0.2) is 42.7 Å². The lowest BCUT2D eigenvalue weighted by Crippen LogP contribution is -2.01. The van der Waals surface area contributed by atoms with Gasteiger partial charge >= 0.3 is 5.97 Å². The van der Waals surface area contributed by atoms with E-state index in [-0.39, 0.29) is 0 Å². The summed E-state index contributed by atoms with van der Waals surface area (Å²) in [4.78, 5) is 15.5. The summed E-state index contributed by atoms with van der Waals surface area (Å²) < 4.78 is 4.66. The van der Waals surface area contributed by atoms with Crippen molar-refractivity contribution in [3.05, 3.63) is 53.9 Å². The summed E-state index contributed by atoms with van der Waals surface area (Å²) >= 11 is 0. The number of esters is 1. The van der Waals surface area contributed by atoms with E-state index < -0.39 is 5.97 Å². The van der Waals surface area contributed by atoms with Gasteiger partial charge in [-0.25, -0.2) is 4.79 Å². The number of aromatic nitrogens is 1. The second-order valence-corrected chi connectivity index (χ2v) is 3.61. The molecule has 88 valence electrons. The Hall–Kier alpha value is -2.67. The van der Waals surface area contributed by atoms with Crippen LogP contribution in [0.1, 0.15) is 15.9 Å². The minimum Gasteiger partial charge on any atom is -0.465 e. The van der Waals surface area contributed by atoms with Gasteiger partial charge in [0.05, 0.1) is 24.3 Å². The third-order valence-electron chi connectivity index (χ3n) is 2.53. The molecule has 0 saturated carbocycles. The van der Waals surface area contributed by atoms with Gasteiger partial charge in [0.1, 0.15) is 0 Å². The highest BCUT2D eigenvalue weighted by Crippen LogP contribution is 2.24. The Morgan fingerprint density at radius 2 is 2.22 bits per heavy atom. The van der Waals surface area contributed by atoms with Crippen molar-refractivity contribution in [2.75, 3.05) is 7.11 Å². The minimum atomic E-state index is -0.426. The Morgan fingerprint density at radius 3 is 2.83 bits per heavy atom. The molecule has 0 aliphatic rings. The molecule has 0 aliphatic heterocycles. The number of pyridine rings is 1. The summed E-state index contributed by atoms with van der Waals surface area (Å²) in [6.07, 6.45) is 3.30. The number of benzene rings is 1. The van der Waals surface area contributed by atoms with Gasteiger partial charge < -0.3 is 4.74 Å². The van der Waals surface area contributed by atoms with Crippen LogP contribution in [0.3, 0.4) is 0 Å². The van der Waals surface area contributed by atoms with E-state index in [2.05, 4.69) is 15.8 Å². The zero-order valence-corrected chi connectivity index (χ0v) is 9.75. The van der Waals surface area contributed by atoms with E-state index in [0.717, 1.165) is 5.56 Å². The van der Waals surface area contributed by atoms with Crippen molar-refractivity contribution >= 4 is 5.97 Å². The molecule has 1 aromatic carbocycles. The lowest BCUT2D eigenvalue weighted by atomic mass is 9.99. The van der Waals surface area contributed by atoms with E-state index in [1.54, 1.807) is 36.7 Å². The normalized spacial score (nSPS) is 9.56. The molecule has 4 nitrogen and oxygen atoms in total. The van der Waals surface area contributed by atoms with Crippen LogP contribution in [-0.2, 0) is 4.74 Å². The SMILES string of the molecule is COC(=O)c1ccc(C#N)c(-c2cccnc2)c1. The Labute approximate surface area is 104 Å². The smallest absolute Gasteiger partial charge is 0.337 e. The summed E-state index contributed by atoms with van der Waals surface area (Å²) in [5.74, 6) is -0.426. The van der Waals surface area contributed by atoms with Crippen LogP contribution < -0.4 is 0 Å². The Bertz CT molecular complexity index is 615. The molecule has 1 aromatic heterocycles. The van der Waals surface area contributed by atoms with Gasteiger partial charge in [0, 0.05) is 23.5 Å². The number of rotatable bonds is 2. The predicted octanol–water partition coefficient (Wildman–Crippen LogP) is 2.41. The largest absolute Gasteiger partial charge is 0.465 e. The number of nitriles is 1. The first-order valence-corrected chi connectivity index (χ1v) is 5.29. The number of methoxy groups -OCH3 is 1. The van der Waals surface area contributed by atoms with E-state index in [0.29, 0.717) is 16.7 Å². The first kappa shape index (κ1) is 11.8. The van der Waals surface area contributed by atoms with Crippen molar-refractivity contribution in [1.82, 2.24) is 4.98 Å². The van der Waals surface area contributed by atoms with Crippen LogP contribution in [0.2, 0.25) is 0 Å². The van der Waals surface area contributed by atoms with E-state index in [1.165, 1.54) is 7.11 Å². The summed E-state index contributed by atoms with van der Waals surface area (Å²) in [6.45, 7) is 0. The molecule has 0 unspecified atom stereocenters. The van der Waals surface area contributed by atoms with Gasteiger partial charge in [-0.05, 0) is 24.3 Å². The number of hydrogen-bond donors (Lipinski definition) is 0. The Balaban J connectivity index is 2.58. The maximum atomic E-state index is 11.5. The first-order chi connectivity index (χ1) is 8.76. The lowest BCUT2D eigenvalue weighted by molar-refractivity contribution is 0.0601. The van der Waals surface area contributed by atoms with Gasteiger partial charge in [-0.1, -0.05) is 6.07 Å². The third kappa shape index (κ3) is 2.20. The highest BCUT2D eigenvalue weighted by atomic mass is 16.5. The third-order valence-corrected chi connectivity index (χ3v) is 2.53. The van der Waals surface area contributed by atoms with Gasteiger partial charge in [-0.15, -0.1) is 0 Å². The summed E-state index contributed by atoms with van der Waals surface area (Å²) in [7, 11) is 1.32. The lowest BCUT2D eigenvalue weighted by Gasteiger charge is -2.06. The zero-order chi connectivity index (χ0) is 13.0. The molecule has 0 fully saturated rings. The number of carbonyl (C=O) groups excluding carboxylic acids is 1. The average molecular weight is 238 g/mol. The van der Waals surface area contributed by atoms with Crippen molar-refractivity contribution in [3.63, 3.8) is 0 Å². The van der Waals surface area contributed by atoms with Crippen molar-refractivity contribution in [2.24, 2.45) is 0 Å². The van der Waals surface area contributed by atoms with Gasteiger partial charge in [0.15, 0.2) is 0 Å². The molecule has 0 aliphatic carbocycles. The van der Waals surface area contributed by atoms with Crippen LogP contribution in [0.5, 0.6) is 0 Å². The molecule has 0 bridgehead atoms. The quantitative estimate of drug-likeness (QED) is 0.753. The number of carbonyl (C=O) groups is 1. The van der Waals surface area contributed by atoms with E-state index in [1.807, 2.05) is 6.07 Å². The standard InChI is InChI=1S/C14H10N2O2/c1-18-14(17)10-4-5-11(8-15)13(7-10)12-3-2-6-16-9-12/h2-7,9H,1H3. The van der Waals surface area contributed by atoms with Crippen LogP contribution in [0, 0.1) is 11.3 Å². The van der Waals surface area contributed by atoms with Crippen molar-refractivity contribution in [3.8, 4) is 17.2 Å². The monoisotopic (exact) mass is 238 g/mol. The fourth-order valence-electron chi connectivity index (χ4n) is 1.65. The summed E-state index contributed by atoms with van der Waals surface area (Å²) in [5.41, 5.74) is 2.37. The van der Waals surface area contributed by atoms with Crippen LogP contribution in [-0.4, -0.2) is 18.1 Å². The molecule has 0 amide bonds. The molecule has 0 radical (unpaired) electrons. The van der Waals surface area contributed by atoms with Crippen LogP contribution in [0.4, 0.5) is 0 Å². The van der Waals surface area contributed by atoms with Gasteiger partial charge in [-0.2, -0.15) is 5.26 Å². The molecule has 2 aromatic rings. The minimum absolute atomic E-state index is 0.412. The van der Waals surface area contributed by atoms with E-state index in [9.17, 15) is 4.79 Å². The highest BCUT2D eigenvalue weighted by Gasteiger charge is 2.11. The van der Waals surface area contributed by atoms with Crippen molar-refractivity contribution in [2.45, 2.75) is 0 Å². The fourth-order valence-corrected chi connectivity index (χ4v) is 1.65. The first-order valence-electron chi connectivity index (χ1n) is 5.29. The molecular formula is C14H10N2O2. The molecule has 0 saturated heterocycles. The van der Waals surface area contributed by atoms with Crippen molar-refractivity contribution < 1.29 is 9.53 Å². The second kappa shape index (κ2) is 5.11. The van der Waals surface area contributed by atoms with Crippen LogP contribution >= 0.6 is 0 Å². The fraction of sp³-hybridized carbons (Fsp3) is 0.0714. The second-order valence-electron chi connectivity index (χ2n) is 3.61. The average Bonchev–Trinajstić information content (AvgIpc) is 2.46. The van der Waals surface area contributed by atoms with Gasteiger partial charge in [0.25, 0.3) is 0 Å². The summed E-state index contributed by atoms with van der Waals surface area (Å²) in [5, 5.41) is 9.08. The molecule has 1 heterocycles. The maximum absolute atomic E-state index is 11.5. The Morgan fingerprint density at radius 1 is 1.39 bits per heavy atom. The van der Waals surface area contributed by atoms with E-state index >= 15 is 0 Å². The highest BCUT2D eigenvalue weighted by molar-refractivity contribution is 5.91. The van der Waals surface area contributed by atoms with Crippen molar-refractivity contribution in [1.29, 1.82) is 5.26 Å². The molecule has 0 N–H and O–H groups in total. The number of ether oxygens (including phenoxy) is 1. The molecule has 0 atom stereocenters. The summed E-state index contributed by atoms with van der Waals surface area (Å²) in [6, 6.07) is 10.5.